The Labute approximate surface area is 102 Å². The lowest BCUT2D eigenvalue weighted by atomic mass is 9.92. The number of nitriles is 1. The van der Waals surface area contributed by atoms with Gasteiger partial charge in [0, 0.05) is 22.6 Å². The second-order valence-electron chi connectivity index (χ2n) is 3.56. The monoisotopic (exact) mass is 247 g/mol. The van der Waals surface area contributed by atoms with Crippen molar-refractivity contribution in [3.05, 3.63) is 62.2 Å². The van der Waals surface area contributed by atoms with E-state index in [-0.39, 0.29) is 11.3 Å². The summed E-state index contributed by atoms with van der Waals surface area (Å²) in [6, 6.07) is 7.17. The van der Waals surface area contributed by atoms with E-state index in [9.17, 15) is 20.2 Å². The maximum absolute atomic E-state index is 10.6. The van der Waals surface area contributed by atoms with Gasteiger partial charge >= 0.3 is 0 Å². The van der Waals surface area contributed by atoms with Gasteiger partial charge in [0.1, 0.15) is 0 Å². The molecular weight excluding hydrogens is 238 g/mol. The van der Waals surface area contributed by atoms with Crippen molar-refractivity contribution in [1.82, 2.24) is 0 Å². The van der Waals surface area contributed by atoms with E-state index in [1.165, 1.54) is 24.3 Å². The maximum Gasteiger partial charge on any atom is 0.269 e. The molecule has 0 bridgehead atoms. The molecule has 0 aliphatic heterocycles. The Morgan fingerprint density at radius 2 is 2.11 bits per heavy atom. The average Bonchev–Trinajstić information content (AvgIpc) is 2.35. The summed E-state index contributed by atoms with van der Waals surface area (Å²) in [5, 5.41) is 29.9. The Bertz CT molecular complexity index is 547. The Kier molecular flexibility index (Phi) is 4.10. The highest BCUT2D eigenvalue weighted by Crippen LogP contribution is 2.26. The lowest BCUT2D eigenvalue weighted by Gasteiger charge is -2.10. The van der Waals surface area contributed by atoms with Crippen LogP contribution in [0.25, 0.3) is 0 Å². The molecule has 0 amide bonds. The van der Waals surface area contributed by atoms with Crippen LogP contribution in [-0.4, -0.2) is 16.4 Å². The van der Waals surface area contributed by atoms with Gasteiger partial charge in [-0.3, -0.25) is 20.2 Å². The minimum Gasteiger partial charge on any atom is -0.265 e. The van der Waals surface area contributed by atoms with Crippen LogP contribution in [0.15, 0.2) is 36.4 Å². The molecule has 0 aliphatic carbocycles. The molecular formula is C11H9N3O4. The third-order valence-corrected chi connectivity index (χ3v) is 2.38. The van der Waals surface area contributed by atoms with Gasteiger partial charge in [0.05, 0.1) is 16.9 Å². The van der Waals surface area contributed by atoms with Crippen LogP contribution in [0.1, 0.15) is 11.5 Å². The highest BCUT2D eigenvalue weighted by molar-refractivity contribution is 5.41. The van der Waals surface area contributed by atoms with Crippen LogP contribution in [0.3, 0.4) is 0 Å². The zero-order valence-corrected chi connectivity index (χ0v) is 9.28. The van der Waals surface area contributed by atoms with Crippen molar-refractivity contribution in [3.63, 3.8) is 0 Å². The fraction of sp³-hybridized carbons (Fsp3) is 0.182. The van der Waals surface area contributed by atoms with Crippen molar-refractivity contribution >= 4 is 5.69 Å². The predicted octanol–water partition coefficient (Wildman–Crippen LogP) is 2.03. The highest BCUT2D eigenvalue weighted by atomic mass is 16.6. The van der Waals surface area contributed by atoms with E-state index in [1.54, 1.807) is 6.07 Å². The molecule has 0 radical (unpaired) electrons. The molecule has 1 unspecified atom stereocenters. The summed E-state index contributed by atoms with van der Waals surface area (Å²) in [5.41, 5.74) is 0.172. The van der Waals surface area contributed by atoms with Crippen LogP contribution in [0.4, 0.5) is 5.69 Å². The summed E-state index contributed by atoms with van der Waals surface area (Å²) in [5.74, 6) is -0.843. The Morgan fingerprint density at radius 1 is 1.44 bits per heavy atom. The lowest BCUT2D eigenvalue weighted by Crippen LogP contribution is -2.14. The topological polar surface area (TPSA) is 110 Å². The van der Waals surface area contributed by atoms with Crippen molar-refractivity contribution in [2.75, 3.05) is 6.54 Å². The first-order valence-electron chi connectivity index (χ1n) is 4.90. The normalized spacial score (nSPS) is 11.3. The van der Waals surface area contributed by atoms with Crippen LogP contribution < -0.4 is 0 Å². The summed E-state index contributed by atoms with van der Waals surface area (Å²) in [4.78, 5) is 20.0. The zero-order valence-electron chi connectivity index (χ0n) is 9.28. The van der Waals surface area contributed by atoms with Gasteiger partial charge in [0.25, 0.3) is 5.69 Å². The Balaban J connectivity index is 3.17. The SMILES string of the molecule is C=C(C#N)C(C[N+](=O)[O-])c1cccc([N+](=O)[O-])c1. The number of hydrogen-bond acceptors (Lipinski definition) is 5. The van der Waals surface area contributed by atoms with E-state index in [1.807, 2.05) is 0 Å². The van der Waals surface area contributed by atoms with Gasteiger partial charge in [-0.25, -0.2) is 0 Å². The molecule has 0 fully saturated rings. The lowest BCUT2D eigenvalue weighted by molar-refractivity contribution is -0.481. The molecule has 0 heterocycles. The molecule has 92 valence electrons. The first-order valence-corrected chi connectivity index (χ1v) is 4.90. The fourth-order valence-electron chi connectivity index (χ4n) is 1.50. The summed E-state index contributed by atoms with van der Waals surface area (Å²) >= 11 is 0. The number of non-ortho nitro benzene ring substituents is 1. The van der Waals surface area contributed by atoms with Gasteiger partial charge in [0.15, 0.2) is 0 Å². The van der Waals surface area contributed by atoms with Crippen LogP contribution in [-0.2, 0) is 0 Å². The van der Waals surface area contributed by atoms with Gasteiger partial charge in [0.2, 0.25) is 6.54 Å². The molecule has 1 aromatic rings. The minimum absolute atomic E-state index is 0.00666. The molecule has 0 aromatic heterocycles. The molecule has 18 heavy (non-hydrogen) atoms. The molecule has 7 heteroatoms. The van der Waals surface area contributed by atoms with Crippen molar-refractivity contribution in [2.24, 2.45) is 0 Å². The maximum atomic E-state index is 10.6. The molecule has 0 saturated heterocycles. The van der Waals surface area contributed by atoms with Gasteiger partial charge in [-0.05, 0) is 5.56 Å². The van der Waals surface area contributed by atoms with E-state index in [0.29, 0.717) is 5.56 Å². The van der Waals surface area contributed by atoms with E-state index in [2.05, 4.69) is 6.58 Å². The summed E-state index contributed by atoms with van der Waals surface area (Å²) in [6.45, 7) is 2.92. The van der Waals surface area contributed by atoms with Gasteiger partial charge in [-0.15, -0.1) is 0 Å². The predicted molar refractivity (Wildman–Crippen MR) is 62.5 cm³/mol. The quantitative estimate of drug-likeness (QED) is 0.449. The summed E-state index contributed by atoms with van der Waals surface area (Å²) < 4.78 is 0. The van der Waals surface area contributed by atoms with Gasteiger partial charge in [-0.1, -0.05) is 18.7 Å². The Hall–Kier alpha value is -2.75. The molecule has 0 spiro atoms. The van der Waals surface area contributed by atoms with E-state index < -0.39 is 22.3 Å². The van der Waals surface area contributed by atoms with E-state index >= 15 is 0 Å². The van der Waals surface area contributed by atoms with Crippen molar-refractivity contribution < 1.29 is 9.85 Å². The highest BCUT2D eigenvalue weighted by Gasteiger charge is 2.22. The molecule has 1 rings (SSSR count). The Morgan fingerprint density at radius 3 is 2.61 bits per heavy atom. The van der Waals surface area contributed by atoms with Crippen LogP contribution in [0, 0.1) is 31.6 Å². The molecule has 0 saturated carbocycles. The second kappa shape index (κ2) is 5.54. The molecule has 0 aliphatic rings. The number of nitro groups is 2. The number of hydrogen-bond donors (Lipinski definition) is 0. The van der Waals surface area contributed by atoms with E-state index in [0.717, 1.165) is 0 Å². The van der Waals surface area contributed by atoms with Crippen molar-refractivity contribution in [2.45, 2.75) is 5.92 Å². The molecule has 1 atom stereocenters. The van der Waals surface area contributed by atoms with Crippen molar-refractivity contribution in [1.29, 1.82) is 5.26 Å². The third kappa shape index (κ3) is 3.12. The molecule has 1 aromatic carbocycles. The van der Waals surface area contributed by atoms with Gasteiger partial charge in [-0.2, -0.15) is 5.26 Å². The summed E-state index contributed by atoms with van der Waals surface area (Å²) in [6.07, 6.45) is 0. The van der Waals surface area contributed by atoms with E-state index in [4.69, 9.17) is 5.26 Å². The van der Waals surface area contributed by atoms with Gasteiger partial charge < -0.3 is 0 Å². The molecule has 0 N–H and O–H groups in total. The van der Waals surface area contributed by atoms with Crippen molar-refractivity contribution in [3.8, 4) is 6.07 Å². The first-order chi connectivity index (χ1) is 8.45. The standard InChI is InChI=1S/C11H9N3O4/c1-8(6-12)11(7-13(15)16)9-3-2-4-10(5-9)14(17)18/h2-5,11H,1,7H2. The minimum atomic E-state index is -0.843. The summed E-state index contributed by atoms with van der Waals surface area (Å²) in [7, 11) is 0. The number of rotatable bonds is 5. The van der Waals surface area contributed by atoms with Crippen LogP contribution in [0.5, 0.6) is 0 Å². The number of nitro benzene ring substituents is 1. The average molecular weight is 247 g/mol. The zero-order chi connectivity index (χ0) is 13.7. The first kappa shape index (κ1) is 13.3. The smallest absolute Gasteiger partial charge is 0.265 e. The largest absolute Gasteiger partial charge is 0.269 e. The molecule has 7 nitrogen and oxygen atoms in total. The second-order valence-corrected chi connectivity index (χ2v) is 3.56. The van der Waals surface area contributed by atoms with Crippen LogP contribution in [0.2, 0.25) is 0 Å². The fourth-order valence-corrected chi connectivity index (χ4v) is 1.50. The number of benzene rings is 1. The van der Waals surface area contributed by atoms with Crippen LogP contribution >= 0.6 is 0 Å². The third-order valence-electron chi connectivity index (χ3n) is 2.38. The number of nitrogens with zero attached hydrogens (tertiary/aromatic N) is 3.